The molecule has 11 heteroatoms. The van der Waals surface area contributed by atoms with Crippen LogP contribution in [0.4, 0.5) is 10.6 Å². The van der Waals surface area contributed by atoms with Crippen LogP contribution in [0.2, 0.25) is 5.02 Å². The number of hydrogen-bond donors (Lipinski definition) is 5. The topological polar surface area (TPSA) is 130 Å². The lowest BCUT2D eigenvalue weighted by molar-refractivity contribution is -0.0848. The Morgan fingerprint density at radius 3 is 2.62 bits per heavy atom. The SMILES string of the molecule is O=C(S)Nc1ncnc2c1ccn2[C@@H]1O[C@H]([C@H](O)c2ccc(Cl)cc2)[C@@H](O)[C@H]1O. The van der Waals surface area contributed by atoms with Gasteiger partial charge in [-0.2, -0.15) is 0 Å². The number of halogens is 1. The van der Waals surface area contributed by atoms with E-state index in [4.69, 9.17) is 16.3 Å². The minimum atomic E-state index is -1.35. The van der Waals surface area contributed by atoms with Gasteiger partial charge in [-0.3, -0.25) is 4.79 Å². The zero-order chi connectivity index (χ0) is 20.7. The van der Waals surface area contributed by atoms with E-state index in [0.717, 1.165) is 0 Å². The lowest BCUT2D eigenvalue weighted by Gasteiger charge is -2.21. The monoisotopic (exact) mass is 436 g/mol. The second-order valence-electron chi connectivity index (χ2n) is 6.58. The van der Waals surface area contributed by atoms with Gasteiger partial charge < -0.3 is 29.9 Å². The first-order valence-electron chi connectivity index (χ1n) is 8.63. The molecular formula is C18H17ClN4O5S. The smallest absolute Gasteiger partial charge is 0.281 e. The molecule has 152 valence electrons. The number of nitrogens with one attached hydrogen (secondary N) is 1. The van der Waals surface area contributed by atoms with Crippen molar-refractivity contribution < 1.29 is 24.9 Å². The highest BCUT2D eigenvalue weighted by atomic mass is 35.5. The molecule has 5 atom stereocenters. The molecule has 1 amide bonds. The number of hydrogen-bond acceptors (Lipinski definition) is 7. The molecule has 1 fully saturated rings. The van der Waals surface area contributed by atoms with E-state index in [-0.39, 0.29) is 5.82 Å². The lowest BCUT2D eigenvalue weighted by Crippen LogP contribution is -2.34. The number of fused-ring (bicyclic) bond motifs is 1. The Balaban J connectivity index is 1.64. The summed E-state index contributed by atoms with van der Waals surface area (Å²) in [6, 6.07) is 8.10. The predicted octanol–water partition coefficient (Wildman–Crippen LogP) is 1.90. The van der Waals surface area contributed by atoms with Crippen LogP contribution >= 0.6 is 24.2 Å². The Kier molecular flexibility index (Phi) is 5.47. The van der Waals surface area contributed by atoms with Gasteiger partial charge in [-0.15, -0.1) is 0 Å². The number of aromatic nitrogens is 3. The molecule has 29 heavy (non-hydrogen) atoms. The van der Waals surface area contributed by atoms with Gasteiger partial charge in [0.2, 0.25) is 0 Å². The van der Waals surface area contributed by atoms with Gasteiger partial charge in [0.15, 0.2) is 6.23 Å². The van der Waals surface area contributed by atoms with E-state index in [9.17, 15) is 20.1 Å². The molecule has 1 aliphatic heterocycles. The average molecular weight is 437 g/mol. The number of carbonyl (C=O) groups is 1. The third-order valence-electron chi connectivity index (χ3n) is 4.81. The van der Waals surface area contributed by atoms with Crippen molar-refractivity contribution in [3.63, 3.8) is 0 Å². The predicted molar refractivity (Wildman–Crippen MR) is 108 cm³/mol. The molecule has 3 aromatic rings. The fraction of sp³-hybridized carbons (Fsp3) is 0.278. The van der Waals surface area contributed by atoms with E-state index in [1.807, 2.05) is 0 Å². The van der Waals surface area contributed by atoms with E-state index < -0.39 is 35.9 Å². The number of anilines is 1. The molecule has 9 nitrogen and oxygen atoms in total. The van der Waals surface area contributed by atoms with Crippen LogP contribution in [0.25, 0.3) is 11.0 Å². The molecule has 0 bridgehead atoms. The summed E-state index contributed by atoms with van der Waals surface area (Å²) < 4.78 is 7.33. The van der Waals surface area contributed by atoms with Gasteiger partial charge in [-0.1, -0.05) is 36.4 Å². The molecule has 1 aliphatic rings. The molecule has 0 aliphatic carbocycles. The molecule has 1 aromatic carbocycles. The number of nitrogens with zero attached hydrogens (tertiary/aromatic N) is 3. The van der Waals surface area contributed by atoms with Gasteiger partial charge in [-0.05, 0) is 23.8 Å². The van der Waals surface area contributed by atoms with Gasteiger partial charge >= 0.3 is 0 Å². The molecule has 4 rings (SSSR count). The minimum Gasteiger partial charge on any atom is -0.387 e. The summed E-state index contributed by atoms with van der Waals surface area (Å²) in [5.74, 6) is 0.250. The third-order valence-corrected chi connectivity index (χ3v) is 5.17. The van der Waals surface area contributed by atoms with Crippen molar-refractivity contribution in [3.8, 4) is 0 Å². The van der Waals surface area contributed by atoms with Crippen LogP contribution in [0.1, 0.15) is 17.9 Å². The van der Waals surface area contributed by atoms with Gasteiger partial charge in [0, 0.05) is 11.2 Å². The van der Waals surface area contributed by atoms with Crippen molar-refractivity contribution >= 4 is 46.3 Å². The summed E-state index contributed by atoms with van der Waals surface area (Å²) in [7, 11) is 0. The highest BCUT2D eigenvalue weighted by Crippen LogP contribution is 2.38. The molecule has 2 aromatic heterocycles. The highest BCUT2D eigenvalue weighted by Gasteiger charge is 2.47. The van der Waals surface area contributed by atoms with Crippen LogP contribution in [0.15, 0.2) is 42.9 Å². The van der Waals surface area contributed by atoms with Crippen molar-refractivity contribution in [3.05, 3.63) is 53.4 Å². The van der Waals surface area contributed by atoms with Crippen molar-refractivity contribution in [2.45, 2.75) is 30.6 Å². The standard InChI is InChI=1S/C18H17ClN4O5S/c19-9-3-1-8(2-4-9)11(24)14-12(25)13(26)17(28-14)23-6-5-10-15(22-18(27)29)20-7-21-16(10)23/h1-7,11-14,17,24-26H,(H2,20,21,22,27,29)/t11-,12+,13-,14-,17-/m1/s1. The van der Waals surface area contributed by atoms with Crippen molar-refractivity contribution in [1.82, 2.24) is 14.5 Å². The minimum absolute atomic E-state index is 0.250. The van der Waals surface area contributed by atoms with E-state index in [1.165, 1.54) is 10.9 Å². The summed E-state index contributed by atoms with van der Waals surface area (Å²) in [5.41, 5.74) is 0.861. The maximum Gasteiger partial charge on any atom is 0.281 e. The van der Waals surface area contributed by atoms with Crippen molar-refractivity contribution in [1.29, 1.82) is 0 Å². The van der Waals surface area contributed by atoms with Crippen LogP contribution in [0.5, 0.6) is 0 Å². The second-order valence-corrected chi connectivity index (χ2v) is 7.42. The van der Waals surface area contributed by atoms with Crippen LogP contribution in [0, 0.1) is 0 Å². The van der Waals surface area contributed by atoms with E-state index in [2.05, 4.69) is 27.9 Å². The highest BCUT2D eigenvalue weighted by molar-refractivity contribution is 7.96. The number of amides is 1. The molecule has 0 radical (unpaired) electrons. The maximum absolute atomic E-state index is 11.2. The summed E-state index contributed by atoms with van der Waals surface area (Å²) >= 11 is 9.55. The Labute approximate surface area is 175 Å². The Morgan fingerprint density at radius 1 is 1.21 bits per heavy atom. The fourth-order valence-electron chi connectivity index (χ4n) is 3.40. The molecule has 0 spiro atoms. The quantitative estimate of drug-likeness (QED) is 0.395. The molecule has 4 N–H and O–H groups in total. The largest absolute Gasteiger partial charge is 0.387 e. The summed E-state index contributed by atoms with van der Waals surface area (Å²) in [6.45, 7) is 0. The summed E-state index contributed by atoms with van der Waals surface area (Å²) in [5, 5.41) is 34.6. The Morgan fingerprint density at radius 2 is 1.93 bits per heavy atom. The summed E-state index contributed by atoms with van der Waals surface area (Å²) in [4.78, 5) is 19.4. The molecular weight excluding hydrogens is 420 g/mol. The van der Waals surface area contributed by atoms with Gasteiger partial charge in [0.25, 0.3) is 5.24 Å². The number of carbonyl (C=O) groups excluding carboxylic acids is 1. The maximum atomic E-state index is 11.2. The number of aliphatic hydroxyl groups is 3. The second kappa shape index (κ2) is 7.90. The van der Waals surface area contributed by atoms with Gasteiger partial charge in [0.05, 0.1) is 5.39 Å². The Bertz CT molecular complexity index is 1050. The van der Waals surface area contributed by atoms with Crippen LogP contribution < -0.4 is 5.32 Å². The molecule has 0 unspecified atom stereocenters. The first kappa shape index (κ1) is 20.1. The van der Waals surface area contributed by atoms with Gasteiger partial charge in [-0.25, -0.2) is 9.97 Å². The number of rotatable bonds is 4. The van der Waals surface area contributed by atoms with Crippen molar-refractivity contribution in [2.24, 2.45) is 0 Å². The molecule has 1 saturated heterocycles. The van der Waals surface area contributed by atoms with Crippen LogP contribution in [-0.2, 0) is 4.74 Å². The van der Waals surface area contributed by atoms with Crippen molar-refractivity contribution in [2.75, 3.05) is 5.32 Å². The van der Waals surface area contributed by atoms with E-state index >= 15 is 0 Å². The number of benzene rings is 1. The van der Waals surface area contributed by atoms with Crippen LogP contribution in [-0.4, -0.2) is 53.4 Å². The van der Waals surface area contributed by atoms with E-state index in [0.29, 0.717) is 21.6 Å². The third kappa shape index (κ3) is 3.70. The lowest BCUT2D eigenvalue weighted by atomic mass is 9.99. The normalized spacial score (nSPS) is 25.3. The average Bonchev–Trinajstić information content (AvgIpc) is 3.24. The molecule has 0 saturated carbocycles. The van der Waals surface area contributed by atoms with E-state index in [1.54, 1.807) is 36.5 Å². The summed E-state index contributed by atoms with van der Waals surface area (Å²) in [6.07, 6.45) is -3.11. The first-order valence-corrected chi connectivity index (χ1v) is 9.46. The van der Waals surface area contributed by atoms with Crippen LogP contribution in [0.3, 0.4) is 0 Å². The zero-order valence-corrected chi connectivity index (χ0v) is 16.4. The fourth-order valence-corrected chi connectivity index (χ4v) is 3.64. The first-order chi connectivity index (χ1) is 13.9. The zero-order valence-electron chi connectivity index (χ0n) is 14.8. The molecule has 3 heterocycles. The number of aliphatic hydroxyl groups excluding tert-OH is 3. The van der Waals surface area contributed by atoms with Gasteiger partial charge in [0.1, 0.15) is 42.2 Å². The number of ether oxygens (including phenoxy) is 1. The Hall–Kier alpha value is -2.21. The number of thiol groups is 1.